The maximum absolute atomic E-state index is 5.93. The lowest BCUT2D eigenvalue weighted by Crippen LogP contribution is -2.52. The third-order valence-electron chi connectivity index (χ3n) is 3.60. The Kier molecular flexibility index (Phi) is 3.74. The van der Waals surface area contributed by atoms with Crippen molar-refractivity contribution in [2.45, 2.75) is 57.5 Å². The average Bonchev–Trinajstić information content (AvgIpc) is 2.96. The van der Waals surface area contributed by atoms with Crippen molar-refractivity contribution in [2.24, 2.45) is 5.73 Å². The molecule has 0 aromatic heterocycles. The van der Waals surface area contributed by atoms with Crippen molar-refractivity contribution in [3.63, 3.8) is 0 Å². The third-order valence-corrected chi connectivity index (χ3v) is 3.60. The summed E-state index contributed by atoms with van der Waals surface area (Å²) in [7, 11) is 2.25. The highest BCUT2D eigenvalue weighted by Gasteiger charge is 2.39. The second-order valence-electron chi connectivity index (χ2n) is 4.37. The molecule has 2 nitrogen and oxygen atoms in total. The van der Waals surface area contributed by atoms with Crippen molar-refractivity contribution in [2.75, 3.05) is 13.6 Å². The molecule has 0 saturated heterocycles. The van der Waals surface area contributed by atoms with E-state index >= 15 is 0 Å². The summed E-state index contributed by atoms with van der Waals surface area (Å²) in [6, 6.07) is 0.829. The Morgan fingerprint density at radius 3 is 2.31 bits per heavy atom. The van der Waals surface area contributed by atoms with Gasteiger partial charge in [0.05, 0.1) is 0 Å². The predicted molar refractivity (Wildman–Crippen MR) is 57.8 cm³/mol. The summed E-state index contributed by atoms with van der Waals surface area (Å²) in [4.78, 5) is 2.54. The van der Waals surface area contributed by atoms with E-state index in [2.05, 4.69) is 25.8 Å². The van der Waals surface area contributed by atoms with Gasteiger partial charge in [-0.25, -0.2) is 0 Å². The summed E-state index contributed by atoms with van der Waals surface area (Å²) in [5, 5.41) is 0. The fourth-order valence-corrected chi connectivity index (χ4v) is 2.31. The molecule has 0 aliphatic heterocycles. The highest BCUT2D eigenvalue weighted by molar-refractivity contribution is 4.96. The molecule has 0 bridgehead atoms. The minimum atomic E-state index is 0.288. The van der Waals surface area contributed by atoms with Crippen LogP contribution >= 0.6 is 0 Å². The van der Waals surface area contributed by atoms with Gasteiger partial charge in [0, 0.05) is 18.1 Å². The number of nitrogens with two attached hydrogens (primary N) is 1. The van der Waals surface area contributed by atoms with E-state index in [0.717, 1.165) is 12.6 Å². The summed E-state index contributed by atoms with van der Waals surface area (Å²) in [6.07, 6.45) is 6.42. The van der Waals surface area contributed by atoms with E-state index in [-0.39, 0.29) is 5.54 Å². The molecule has 0 amide bonds. The molecule has 0 aromatic carbocycles. The van der Waals surface area contributed by atoms with E-state index in [1.54, 1.807) is 0 Å². The van der Waals surface area contributed by atoms with Crippen LogP contribution in [0.1, 0.15) is 46.0 Å². The van der Waals surface area contributed by atoms with Crippen LogP contribution in [0.25, 0.3) is 0 Å². The molecule has 1 unspecified atom stereocenters. The van der Waals surface area contributed by atoms with E-state index in [0.29, 0.717) is 0 Å². The van der Waals surface area contributed by atoms with Crippen LogP contribution in [0.5, 0.6) is 0 Å². The van der Waals surface area contributed by atoms with Gasteiger partial charge in [-0.1, -0.05) is 20.3 Å². The first-order valence-corrected chi connectivity index (χ1v) is 5.63. The minimum Gasteiger partial charge on any atom is -0.329 e. The Morgan fingerprint density at radius 2 is 2.00 bits per heavy atom. The van der Waals surface area contributed by atoms with Gasteiger partial charge < -0.3 is 5.73 Å². The molecule has 2 N–H and O–H groups in total. The molecule has 13 heavy (non-hydrogen) atoms. The maximum Gasteiger partial charge on any atom is 0.0328 e. The van der Waals surface area contributed by atoms with Gasteiger partial charge in [-0.05, 0) is 32.7 Å². The van der Waals surface area contributed by atoms with E-state index in [1.807, 2.05) is 0 Å². The minimum absolute atomic E-state index is 0.288. The summed E-state index contributed by atoms with van der Waals surface area (Å²) < 4.78 is 0. The largest absolute Gasteiger partial charge is 0.329 e. The molecule has 1 atom stereocenters. The first-order chi connectivity index (χ1) is 6.20. The lowest BCUT2D eigenvalue weighted by molar-refractivity contribution is 0.101. The SMILES string of the molecule is CCCC(CC)(CN)N(C)C1CC1. The summed E-state index contributed by atoms with van der Waals surface area (Å²) in [5.74, 6) is 0. The van der Waals surface area contributed by atoms with Gasteiger partial charge in [0.2, 0.25) is 0 Å². The smallest absolute Gasteiger partial charge is 0.0328 e. The highest BCUT2D eigenvalue weighted by Crippen LogP contribution is 2.34. The van der Waals surface area contributed by atoms with Crippen molar-refractivity contribution >= 4 is 0 Å². The van der Waals surface area contributed by atoms with Crippen LogP contribution in [-0.2, 0) is 0 Å². The zero-order valence-corrected chi connectivity index (χ0v) is 9.34. The maximum atomic E-state index is 5.93. The van der Waals surface area contributed by atoms with Crippen molar-refractivity contribution in [1.82, 2.24) is 4.90 Å². The third kappa shape index (κ3) is 2.23. The van der Waals surface area contributed by atoms with Crippen LogP contribution in [-0.4, -0.2) is 30.1 Å². The Hall–Kier alpha value is -0.0800. The van der Waals surface area contributed by atoms with Crippen LogP contribution in [0.4, 0.5) is 0 Å². The molecule has 0 spiro atoms. The van der Waals surface area contributed by atoms with Crippen molar-refractivity contribution in [3.05, 3.63) is 0 Å². The van der Waals surface area contributed by atoms with Gasteiger partial charge in [-0.2, -0.15) is 0 Å². The van der Waals surface area contributed by atoms with Crippen molar-refractivity contribution < 1.29 is 0 Å². The highest BCUT2D eigenvalue weighted by atomic mass is 15.2. The predicted octanol–water partition coefficient (Wildman–Crippen LogP) is 1.99. The lowest BCUT2D eigenvalue weighted by Gasteiger charge is -2.41. The van der Waals surface area contributed by atoms with E-state index in [4.69, 9.17) is 5.73 Å². The standard InChI is InChI=1S/C11H24N2/c1-4-8-11(5-2,9-12)13(3)10-6-7-10/h10H,4-9,12H2,1-3H3. The van der Waals surface area contributed by atoms with Crippen LogP contribution in [0.15, 0.2) is 0 Å². The first-order valence-electron chi connectivity index (χ1n) is 5.63. The van der Waals surface area contributed by atoms with Gasteiger partial charge >= 0.3 is 0 Å². The van der Waals surface area contributed by atoms with E-state index < -0.39 is 0 Å². The molecule has 2 heteroatoms. The number of hydrogen-bond donors (Lipinski definition) is 1. The molecule has 0 heterocycles. The molecule has 1 aliphatic carbocycles. The van der Waals surface area contributed by atoms with Crippen molar-refractivity contribution in [1.29, 1.82) is 0 Å². The first kappa shape index (κ1) is 11.0. The Morgan fingerprint density at radius 1 is 1.38 bits per heavy atom. The second kappa shape index (κ2) is 4.43. The molecule has 1 aliphatic rings. The summed E-state index contributed by atoms with van der Waals surface area (Å²) in [5.41, 5.74) is 6.22. The van der Waals surface area contributed by atoms with E-state index in [1.165, 1.54) is 32.1 Å². The number of rotatable bonds is 6. The molecule has 1 saturated carbocycles. The fourth-order valence-electron chi connectivity index (χ4n) is 2.31. The molecule has 1 rings (SSSR count). The van der Waals surface area contributed by atoms with Crippen LogP contribution in [0.3, 0.4) is 0 Å². The molecule has 0 aromatic rings. The molecule has 1 fully saturated rings. The van der Waals surface area contributed by atoms with Gasteiger partial charge in [0.15, 0.2) is 0 Å². The van der Waals surface area contributed by atoms with E-state index in [9.17, 15) is 0 Å². The number of nitrogens with zero attached hydrogens (tertiary/aromatic N) is 1. The molecule has 78 valence electrons. The quantitative estimate of drug-likeness (QED) is 0.684. The molecule has 0 radical (unpaired) electrons. The molecular formula is C11H24N2. The van der Waals surface area contributed by atoms with Crippen LogP contribution < -0.4 is 5.73 Å². The van der Waals surface area contributed by atoms with Crippen LogP contribution in [0.2, 0.25) is 0 Å². The Labute approximate surface area is 82.5 Å². The lowest BCUT2D eigenvalue weighted by atomic mass is 9.89. The zero-order chi connectivity index (χ0) is 9.90. The summed E-state index contributed by atoms with van der Waals surface area (Å²) in [6.45, 7) is 5.33. The second-order valence-corrected chi connectivity index (χ2v) is 4.37. The van der Waals surface area contributed by atoms with Gasteiger partial charge in [0.25, 0.3) is 0 Å². The Balaban J connectivity index is 2.61. The monoisotopic (exact) mass is 184 g/mol. The van der Waals surface area contributed by atoms with Crippen LogP contribution in [0, 0.1) is 0 Å². The average molecular weight is 184 g/mol. The fraction of sp³-hybridized carbons (Fsp3) is 1.00. The zero-order valence-electron chi connectivity index (χ0n) is 9.34. The van der Waals surface area contributed by atoms with Crippen molar-refractivity contribution in [3.8, 4) is 0 Å². The number of likely N-dealkylation sites (N-methyl/N-ethyl adjacent to an activating group) is 1. The molecular weight excluding hydrogens is 160 g/mol. The van der Waals surface area contributed by atoms with Gasteiger partial charge in [0.1, 0.15) is 0 Å². The topological polar surface area (TPSA) is 29.3 Å². The van der Waals surface area contributed by atoms with Gasteiger partial charge in [-0.15, -0.1) is 0 Å². The summed E-state index contributed by atoms with van der Waals surface area (Å²) >= 11 is 0. The van der Waals surface area contributed by atoms with Gasteiger partial charge in [-0.3, -0.25) is 4.90 Å². The Bertz CT molecular complexity index is 148. The normalized spacial score (nSPS) is 21.9. The number of hydrogen-bond acceptors (Lipinski definition) is 2.